The fourth-order valence-corrected chi connectivity index (χ4v) is 2.55. The highest BCUT2D eigenvalue weighted by molar-refractivity contribution is 6.35. The van der Waals surface area contributed by atoms with Gasteiger partial charge in [0.1, 0.15) is 12.1 Å². The molecule has 0 aliphatic carbocycles. The van der Waals surface area contributed by atoms with Crippen LogP contribution >= 0.6 is 23.2 Å². The van der Waals surface area contributed by atoms with Crippen LogP contribution < -0.4 is 5.32 Å². The van der Waals surface area contributed by atoms with E-state index in [1.54, 1.807) is 29.3 Å². The van der Waals surface area contributed by atoms with E-state index in [9.17, 15) is 0 Å². The van der Waals surface area contributed by atoms with Gasteiger partial charge >= 0.3 is 0 Å². The lowest BCUT2D eigenvalue weighted by molar-refractivity contribution is 0.847. The molecule has 23 heavy (non-hydrogen) atoms. The molecule has 0 saturated heterocycles. The number of fused-ring (bicyclic) bond motifs is 1. The molecule has 0 aliphatic rings. The summed E-state index contributed by atoms with van der Waals surface area (Å²) in [6, 6.07) is 1.61. The summed E-state index contributed by atoms with van der Waals surface area (Å²) in [5.74, 6) is 1.11. The number of nitrogens with zero attached hydrogens (tertiary/aromatic N) is 6. The Bertz CT molecular complexity index is 992. The van der Waals surface area contributed by atoms with Crippen LogP contribution in [0.5, 0.6) is 0 Å². The van der Waals surface area contributed by atoms with Gasteiger partial charge in [0.2, 0.25) is 0 Å². The first-order chi connectivity index (χ1) is 11.2. The molecule has 114 valence electrons. The van der Waals surface area contributed by atoms with Gasteiger partial charge in [0.15, 0.2) is 11.5 Å². The van der Waals surface area contributed by atoms with Gasteiger partial charge in [-0.25, -0.2) is 19.6 Å². The van der Waals surface area contributed by atoms with Gasteiger partial charge in [-0.2, -0.15) is 10.2 Å². The van der Waals surface area contributed by atoms with E-state index in [0.717, 1.165) is 11.1 Å². The van der Waals surface area contributed by atoms with E-state index < -0.39 is 0 Å². The predicted octanol–water partition coefficient (Wildman–Crippen LogP) is 2.98. The van der Waals surface area contributed by atoms with Crippen LogP contribution in [0.2, 0.25) is 10.0 Å². The van der Waals surface area contributed by atoms with Gasteiger partial charge in [0.25, 0.3) is 0 Å². The number of pyridine rings is 1. The van der Waals surface area contributed by atoms with Crippen molar-refractivity contribution in [2.24, 2.45) is 0 Å². The third-order valence-electron chi connectivity index (χ3n) is 3.10. The average molecular weight is 347 g/mol. The Morgan fingerprint density at radius 2 is 2.00 bits per heavy atom. The van der Waals surface area contributed by atoms with Crippen LogP contribution in [0.1, 0.15) is 0 Å². The molecule has 0 atom stereocenters. The Labute approximate surface area is 139 Å². The van der Waals surface area contributed by atoms with Crippen molar-refractivity contribution in [3.8, 4) is 5.82 Å². The van der Waals surface area contributed by atoms with Gasteiger partial charge in [0.05, 0.1) is 39.7 Å². The Balaban J connectivity index is 1.67. The molecule has 2 N–H and O–H groups in total. The number of H-pyrrole nitrogens is 1. The summed E-state index contributed by atoms with van der Waals surface area (Å²) < 4.78 is 1.55. The first-order valence-electron chi connectivity index (χ1n) is 6.48. The fourth-order valence-electron chi connectivity index (χ4n) is 2.08. The summed E-state index contributed by atoms with van der Waals surface area (Å²) in [4.78, 5) is 12.5. The molecule has 4 heterocycles. The van der Waals surface area contributed by atoms with Crippen LogP contribution in [0.4, 0.5) is 11.5 Å². The van der Waals surface area contributed by atoms with Crippen molar-refractivity contribution >= 4 is 45.7 Å². The normalized spacial score (nSPS) is 11.0. The van der Waals surface area contributed by atoms with Crippen LogP contribution in [-0.4, -0.2) is 34.9 Å². The molecule has 0 radical (unpaired) electrons. The minimum atomic E-state index is 0.409. The molecule has 0 aliphatic heterocycles. The van der Waals surface area contributed by atoms with E-state index in [0.29, 0.717) is 27.3 Å². The maximum Gasteiger partial charge on any atom is 0.172 e. The van der Waals surface area contributed by atoms with E-state index >= 15 is 0 Å². The number of hydrogen-bond donors (Lipinski definition) is 2. The third kappa shape index (κ3) is 2.58. The lowest BCUT2D eigenvalue weighted by Gasteiger charge is -2.04. The topological polar surface area (TPSA) is 97.2 Å². The highest BCUT2D eigenvalue weighted by Crippen LogP contribution is 2.24. The number of nitrogens with one attached hydrogen (secondary N) is 2. The van der Waals surface area contributed by atoms with Gasteiger partial charge in [-0.3, -0.25) is 5.10 Å². The zero-order valence-electron chi connectivity index (χ0n) is 11.4. The van der Waals surface area contributed by atoms with Crippen molar-refractivity contribution in [2.75, 3.05) is 5.32 Å². The lowest BCUT2D eigenvalue weighted by atomic mass is 10.4. The summed E-state index contributed by atoms with van der Waals surface area (Å²) in [6.45, 7) is 0. The Hall–Kier alpha value is -2.71. The number of halogens is 2. The highest BCUT2D eigenvalue weighted by atomic mass is 35.5. The second-order valence-corrected chi connectivity index (χ2v) is 5.46. The molecule has 0 unspecified atom stereocenters. The van der Waals surface area contributed by atoms with Crippen LogP contribution in [0.25, 0.3) is 16.9 Å². The number of anilines is 2. The third-order valence-corrected chi connectivity index (χ3v) is 3.58. The van der Waals surface area contributed by atoms with Crippen molar-refractivity contribution in [3.63, 3.8) is 0 Å². The highest BCUT2D eigenvalue weighted by Gasteiger charge is 2.10. The Morgan fingerprint density at radius 1 is 1.09 bits per heavy atom. The summed E-state index contributed by atoms with van der Waals surface area (Å²) in [6.07, 6.45) is 8.00. The smallest absolute Gasteiger partial charge is 0.172 e. The summed E-state index contributed by atoms with van der Waals surface area (Å²) in [7, 11) is 0. The van der Waals surface area contributed by atoms with Crippen molar-refractivity contribution in [3.05, 3.63) is 47.2 Å². The lowest BCUT2D eigenvalue weighted by Crippen LogP contribution is -1.98. The molecule has 0 saturated carbocycles. The van der Waals surface area contributed by atoms with Gasteiger partial charge in [-0.05, 0) is 6.07 Å². The zero-order valence-corrected chi connectivity index (χ0v) is 12.9. The SMILES string of the molecule is Clc1cnc(-n2cc(Nc3ncnc4[nH]ncc34)cn2)c(Cl)c1. The molecule has 0 fully saturated rings. The van der Waals surface area contributed by atoms with Crippen molar-refractivity contribution in [1.29, 1.82) is 0 Å². The monoisotopic (exact) mass is 346 g/mol. The second-order valence-electron chi connectivity index (χ2n) is 4.61. The van der Waals surface area contributed by atoms with E-state index in [1.807, 2.05) is 0 Å². The zero-order chi connectivity index (χ0) is 15.8. The number of rotatable bonds is 3. The first-order valence-corrected chi connectivity index (χ1v) is 7.23. The van der Waals surface area contributed by atoms with Gasteiger partial charge in [-0.15, -0.1) is 0 Å². The van der Waals surface area contributed by atoms with Crippen LogP contribution in [0.3, 0.4) is 0 Å². The number of aromatic amines is 1. The summed E-state index contributed by atoms with van der Waals surface area (Å²) in [5.41, 5.74) is 1.37. The van der Waals surface area contributed by atoms with Crippen LogP contribution in [-0.2, 0) is 0 Å². The van der Waals surface area contributed by atoms with E-state index in [1.165, 1.54) is 12.5 Å². The van der Waals surface area contributed by atoms with Gasteiger partial charge < -0.3 is 5.32 Å². The first kappa shape index (κ1) is 13.9. The number of hydrogen-bond acceptors (Lipinski definition) is 6. The van der Waals surface area contributed by atoms with E-state index in [-0.39, 0.29) is 0 Å². The molecule has 8 nitrogen and oxygen atoms in total. The number of aromatic nitrogens is 7. The predicted molar refractivity (Wildman–Crippen MR) is 86.3 cm³/mol. The molecular weight excluding hydrogens is 339 g/mol. The van der Waals surface area contributed by atoms with Gasteiger partial charge in [-0.1, -0.05) is 23.2 Å². The van der Waals surface area contributed by atoms with Gasteiger partial charge in [0, 0.05) is 6.20 Å². The molecule has 4 aromatic heterocycles. The summed E-state index contributed by atoms with van der Waals surface area (Å²) >= 11 is 12.0. The maximum absolute atomic E-state index is 6.14. The van der Waals surface area contributed by atoms with Crippen molar-refractivity contribution in [1.82, 2.24) is 34.9 Å². The largest absolute Gasteiger partial charge is 0.337 e. The van der Waals surface area contributed by atoms with Crippen LogP contribution in [0, 0.1) is 0 Å². The van der Waals surface area contributed by atoms with Crippen molar-refractivity contribution < 1.29 is 0 Å². The molecule has 4 aromatic rings. The molecule has 0 amide bonds. The molecule has 0 aromatic carbocycles. The molecule has 4 rings (SSSR count). The molecular formula is C13H8Cl2N8. The van der Waals surface area contributed by atoms with E-state index in [4.69, 9.17) is 23.2 Å². The Morgan fingerprint density at radius 3 is 2.87 bits per heavy atom. The molecule has 0 bridgehead atoms. The van der Waals surface area contributed by atoms with Crippen LogP contribution in [0.15, 0.2) is 37.2 Å². The standard InChI is InChI=1S/C13H8Cl2N8/c14-7-1-10(15)13(16-2-7)23-5-8(3-20-23)21-11-9-4-19-22-12(9)18-6-17-11/h1-6H,(H2,17,18,19,21,22). The summed E-state index contributed by atoms with van der Waals surface area (Å²) in [5, 5.41) is 15.8. The molecule has 0 spiro atoms. The fraction of sp³-hybridized carbons (Fsp3) is 0. The minimum absolute atomic E-state index is 0.409. The molecule has 10 heteroatoms. The minimum Gasteiger partial charge on any atom is -0.337 e. The maximum atomic E-state index is 6.14. The van der Waals surface area contributed by atoms with E-state index in [2.05, 4.69) is 35.6 Å². The van der Waals surface area contributed by atoms with Crippen molar-refractivity contribution in [2.45, 2.75) is 0 Å². The Kier molecular flexibility index (Phi) is 3.32. The average Bonchev–Trinajstić information content (AvgIpc) is 3.17. The second kappa shape index (κ2) is 5.49. The quantitative estimate of drug-likeness (QED) is 0.591.